The SMILES string of the molecule is CCCCCCCCCC(NCC)c1ccc(F)c(Br)c1. The Balaban J connectivity index is 2.37. The van der Waals surface area contributed by atoms with E-state index in [9.17, 15) is 4.39 Å². The van der Waals surface area contributed by atoms with Crippen LogP contribution in [0.3, 0.4) is 0 Å². The summed E-state index contributed by atoms with van der Waals surface area (Å²) in [5.74, 6) is -0.190. The second-order valence-electron chi connectivity index (χ2n) is 5.69. The van der Waals surface area contributed by atoms with Crippen LogP contribution in [0, 0.1) is 5.82 Å². The molecule has 0 amide bonds. The fraction of sp³-hybridized carbons (Fsp3) is 0.667. The number of rotatable bonds is 11. The fourth-order valence-corrected chi connectivity index (χ4v) is 3.06. The summed E-state index contributed by atoms with van der Waals surface area (Å²) >= 11 is 3.28. The van der Waals surface area contributed by atoms with Gasteiger partial charge in [0.2, 0.25) is 0 Å². The maximum atomic E-state index is 13.3. The van der Waals surface area contributed by atoms with Crippen LogP contribution in [0.4, 0.5) is 4.39 Å². The first-order valence-electron chi connectivity index (χ1n) is 8.37. The number of hydrogen-bond acceptors (Lipinski definition) is 1. The van der Waals surface area contributed by atoms with E-state index < -0.39 is 0 Å². The van der Waals surface area contributed by atoms with Crippen molar-refractivity contribution in [3.05, 3.63) is 34.1 Å². The van der Waals surface area contributed by atoms with Gasteiger partial charge in [-0.3, -0.25) is 0 Å². The van der Waals surface area contributed by atoms with E-state index >= 15 is 0 Å². The first-order valence-corrected chi connectivity index (χ1v) is 9.16. The average molecular weight is 358 g/mol. The van der Waals surface area contributed by atoms with Gasteiger partial charge in [0.15, 0.2) is 0 Å². The van der Waals surface area contributed by atoms with Crippen molar-refractivity contribution in [3.8, 4) is 0 Å². The Bertz CT molecular complexity index is 395. The molecule has 0 aliphatic heterocycles. The number of nitrogens with one attached hydrogen (secondary N) is 1. The molecule has 1 N–H and O–H groups in total. The van der Waals surface area contributed by atoms with Gasteiger partial charge in [-0.1, -0.05) is 64.9 Å². The molecule has 0 fully saturated rings. The molecule has 0 aromatic heterocycles. The van der Waals surface area contributed by atoms with Gasteiger partial charge >= 0.3 is 0 Å². The van der Waals surface area contributed by atoms with Crippen LogP contribution in [0.25, 0.3) is 0 Å². The first kappa shape index (κ1) is 18.6. The highest BCUT2D eigenvalue weighted by Gasteiger charge is 2.11. The topological polar surface area (TPSA) is 12.0 Å². The molecule has 1 atom stereocenters. The average Bonchev–Trinajstić information content (AvgIpc) is 2.48. The summed E-state index contributed by atoms with van der Waals surface area (Å²) in [6, 6.07) is 5.69. The molecule has 21 heavy (non-hydrogen) atoms. The van der Waals surface area contributed by atoms with Crippen molar-refractivity contribution in [3.63, 3.8) is 0 Å². The van der Waals surface area contributed by atoms with E-state index in [1.54, 1.807) is 6.07 Å². The maximum absolute atomic E-state index is 13.3. The van der Waals surface area contributed by atoms with Crippen molar-refractivity contribution in [2.75, 3.05) is 6.54 Å². The smallest absolute Gasteiger partial charge is 0.137 e. The molecule has 1 aromatic rings. The van der Waals surface area contributed by atoms with Gasteiger partial charge < -0.3 is 5.32 Å². The molecule has 0 saturated heterocycles. The lowest BCUT2D eigenvalue weighted by molar-refractivity contribution is 0.474. The van der Waals surface area contributed by atoms with Crippen molar-refractivity contribution < 1.29 is 4.39 Å². The second kappa shape index (κ2) is 11.2. The van der Waals surface area contributed by atoms with Gasteiger partial charge in [0, 0.05) is 6.04 Å². The predicted molar refractivity (Wildman–Crippen MR) is 93.1 cm³/mol. The van der Waals surface area contributed by atoms with Crippen molar-refractivity contribution >= 4 is 15.9 Å². The molecule has 120 valence electrons. The zero-order valence-corrected chi connectivity index (χ0v) is 15.0. The van der Waals surface area contributed by atoms with Gasteiger partial charge in [-0.05, 0) is 46.6 Å². The van der Waals surface area contributed by atoms with E-state index in [0.717, 1.165) is 13.0 Å². The Labute approximate surface area is 137 Å². The molecule has 1 nitrogen and oxygen atoms in total. The molecular weight excluding hydrogens is 329 g/mol. The summed E-state index contributed by atoms with van der Waals surface area (Å²) in [4.78, 5) is 0. The lowest BCUT2D eigenvalue weighted by atomic mass is 9.99. The van der Waals surface area contributed by atoms with Crippen LogP contribution < -0.4 is 5.32 Å². The van der Waals surface area contributed by atoms with Crippen molar-refractivity contribution in [2.24, 2.45) is 0 Å². The van der Waals surface area contributed by atoms with Crippen molar-refractivity contribution in [1.82, 2.24) is 5.32 Å². The van der Waals surface area contributed by atoms with Gasteiger partial charge in [-0.2, -0.15) is 0 Å². The normalized spacial score (nSPS) is 12.6. The Hall–Kier alpha value is -0.410. The fourth-order valence-electron chi connectivity index (χ4n) is 2.67. The molecule has 1 unspecified atom stereocenters. The van der Waals surface area contributed by atoms with Crippen LogP contribution in [0.5, 0.6) is 0 Å². The van der Waals surface area contributed by atoms with Crippen LogP contribution in [0.1, 0.15) is 76.8 Å². The van der Waals surface area contributed by atoms with E-state index in [0.29, 0.717) is 10.5 Å². The Kier molecular flexibility index (Phi) is 9.94. The molecule has 0 spiro atoms. The van der Waals surface area contributed by atoms with E-state index in [1.165, 1.54) is 50.5 Å². The third-order valence-electron chi connectivity index (χ3n) is 3.89. The van der Waals surface area contributed by atoms with Crippen LogP contribution >= 0.6 is 15.9 Å². The highest BCUT2D eigenvalue weighted by molar-refractivity contribution is 9.10. The molecule has 0 aliphatic rings. The zero-order valence-electron chi connectivity index (χ0n) is 13.4. The van der Waals surface area contributed by atoms with Crippen LogP contribution in [-0.2, 0) is 0 Å². The summed E-state index contributed by atoms with van der Waals surface area (Å²) in [5, 5.41) is 3.51. The molecule has 0 heterocycles. The van der Waals surface area contributed by atoms with Crippen LogP contribution in [-0.4, -0.2) is 6.54 Å². The lowest BCUT2D eigenvalue weighted by Crippen LogP contribution is -2.20. The summed E-state index contributed by atoms with van der Waals surface area (Å²) in [6.45, 7) is 5.31. The van der Waals surface area contributed by atoms with Crippen molar-refractivity contribution in [1.29, 1.82) is 0 Å². The van der Waals surface area contributed by atoms with Gasteiger partial charge in [0.25, 0.3) is 0 Å². The van der Waals surface area contributed by atoms with Gasteiger partial charge in [-0.15, -0.1) is 0 Å². The Morgan fingerprint density at radius 2 is 1.71 bits per heavy atom. The first-order chi connectivity index (χ1) is 10.2. The number of halogens is 2. The summed E-state index contributed by atoms with van der Waals surface area (Å²) in [5.41, 5.74) is 1.18. The largest absolute Gasteiger partial charge is 0.310 e. The zero-order chi connectivity index (χ0) is 15.5. The van der Waals surface area contributed by atoms with Gasteiger partial charge in [-0.25, -0.2) is 4.39 Å². The maximum Gasteiger partial charge on any atom is 0.137 e. The van der Waals surface area contributed by atoms with E-state index in [4.69, 9.17) is 0 Å². The molecule has 1 aromatic carbocycles. The minimum absolute atomic E-state index is 0.190. The van der Waals surface area contributed by atoms with E-state index in [1.807, 2.05) is 12.1 Å². The summed E-state index contributed by atoms with van der Waals surface area (Å²) < 4.78 is 13.9. The molecule has 1 rings (SSSR count). The molecule has 0 bridgehead atoms. The molecule has 3 heteroatoms. The van der Waals surface area contributed by atoms with Crippen LogP contribution in [0.2, 0.25) is 0 Å². The number of hydrogen-bond donors (Lipinski definition) is 1. The quantitative estimate of drug-likeness (QED) is 0.453. The highest BCUT2D eigenvalue weighted by Crippen LogP contribution is 2.25. The molecule has 0 saturated carbocycles. The number of unbranched alkanes of at least 4 members (excludes halogenated alkanes) is 6. The highest BCUT2D eigenvalue weighted by atomic mass is 79.9. The third kappa shape index (κ3) is 7.42. The van der Waals surface area contributed by atoms with E-state index in [2.05, 4.69) is 35.1 Å². The van der Waals surface area contributed by atoms with Crippen molar-refractivity contribution in [2.45, 2.75) is 71.3 Å². The van der Waals surface area contributed by atoms with Gasteiger partial charge in [0.1, 0.15) is 5.82 Å². The summed E-state index contributed by atoms with van der Waals surface area (Å²) in [7, 11) is 0. The Morgan fingerprint density at radius 1 is 1.05 bits per heavy atom. The minimum Gasteiger partial charge on any atom is -0.310 e. The number of benzene rings is 1. The molecule has 0 aliphatic carbocycles. The second-order valence-corrected chi connectivity index (χ2v) is 6.55. The van der Waals surface area contributed by atoms with Crippen LogP contribution in [0.15, 0.2) is 22.7 Å². The third-order valence-corrected chi connectivity index (χ3v) is 4.50. The molecular formula is C18H29BrFN. The standard InChI is InChI=1S/C18H29BrFN/c1-3-5-6-7-8-9-10-11-18(21-4-2)15-12-13-17(20)16(19)14-15/h12-14,18,21H,3-11H2,1-2H3. The minimum atomic E-state index is -0.190. The van der Waals surface area contributed by atoms with Gasteiger partial charge in [0.05, 0.1) is 4.47 Å². The molecule has 0 radical (unpaired) electrons. The van der Waals surface area contributed by atoms with E-state index in [-0.39, 0.29) is 5.82 Å². The summed E-state index contributed by atoms with van der Waals surface area (Å²) in [6.07, 6.45) is 10.4. The Morgan fingerprint density at radius 3 is 2.33 bits per heavy atom. The predicted octanol–water partition coefficient (Wildman–Crippen LogP) is 6.38. The lowest BCUT2D eigenvalue weighted by Gasteiger charge is -2.19. The monoisotopic (exact) mass is 357 g/mol.